The van der Waals surface area contributed by atoms with E-state index >= 15 is 0 Å². The molecule has 1 aromatic heterocycles. The van der Waals surface area contributed by atoms with Gasteiger partial charge in [0.15, 0.2) is 0 Å². The summed E-state index contributed by atoms with van der Waals surface area (Å²) in [7, 11) is 4.32. The summed E-state index contributed by atoms with van der Waals surface area (Å²) < 4.78 is 0. The summed E-state index contributed by atoms with van der Waals surface area (Å²) in [6, 6.07) is 0. The van der Waals surface area contributed by atoms with Crippen LogP contribution in [0, 0.1) is 13.8 Å². The molecule has 1 aromatic rings. The van der Waals surface area contributed by atoms with Crippen LogP contribution in [0.2, 0.25) is 0 Å². The Kier molecular flexibility index (Phi) is 3.33. The van der Waals surface area contributed by atoms with Gasteiger partial charge in [0.25, 0.3) is 0 Å². The smallest absolute Gasteiger partial charge is 0.147 e. The van der Waals surface area contributed by atoms with Crippen molar-refractivity contribution in [3.8, 4) is 0 Å². The number of hydrogen-bond donors (Lipinski definition) is 1. The van der Waals surface area contributed by atoms with Gasteiger partial charge in [-0.2, -0.15) is 0 Å². The minimum absolute atomic E-state index is 0.317. The average molecular weight is 234 g/mol. The second kappa shape index (κ2) is 4.61. The molecule has 0 spiro atoms. The van der Waals surface area contributed by atoms with Crippen LogP contribution in [0.15, 0.2) is 6.20 Å². The second-order valence-electron chi connectivity index (χ2n) is 5.27. The zero-order chi connectivity index (χ0) is 12.5. The average Bonchev–Trinajstić information content (AvgIpc) is 2.21. The fraction of sp³-hybridized carbons (Fsp3) is 0.692. The van der Waals surface area contributed by atoms with E-state index in [9.17, 15) is 0 Å². The number of likely N-dealkylation sites (N-methyl/N-ethyl adjacent to an activating group) is 1. The predicted molar refractivity (Wildman–Crippen MR) is 70.3 cm³/mol. The highest BCUT2D eigenvalue weighted by atomic mass is 15.2. The van der Waals surface area contributed by atoms with Gasteiger partial charge in [0.2, 0.25) is 0 Å². The monoisotopic (exact) mass is 234 g/mol. The third kappa shape index (κ3) is 2.41. The number of nitrogens with zero attached hydrogens (tertiary/aromatic N) is 3. The number of rotatable bonds is 4. The first kappa shape index (κ1) is 12.3. The van der Waals surface area contributed by atoms with Crippen molar-refractivity contribution in [2.24, 2.45) is 0 Å². The van der Waals surface area contributed by atoms with Crippen molar-refractivity contribution < 1.29 is 0 Å². The Morgan fingerprint density at radius 1 is 1.35 bits per heavy atom. The third-order valence-corrected chi connectivity index (χ3v) is 3.89. The standard InChI is InChI=1S/C13H22N4/c1-10-8-14-11(2)12(16-10)15-9-13(17(3)4)6-5-7-13/h8H,5-7,9H2,1-4H3,(H,15,16). The van der Waals surface area contributed by atoms with E-state index in [0.29, 0.717) is 5.54 Å². The van der Waals surface area contributed by atoms with Gasteiger partial charge in [0.05, 0.1) is 11.4 Å². The first-order chi connectivity index (χ1) is 8.03. The molecular formula is C13H22N4. The van der Waals surface area contributed by atoms with Crippen molar-refractivity contribution in [3.63, 3.8) is 0 Å². The van der Waals surface area contributed by atoms with Crippen LogP contribution in [0.3, 0.4) is 0 Å². The molecule has 0 aliphatic heterocycles. The number of aryl methyl sites for hydroxylation is 2. The van der Waals surface area contributed by atoms with E-state index in [4.69, 9.17) is 0 Å². The first-order valence-corrected chi connectivity index (χ1v) is 6.25. The van der Waals surface area contributed by atoms with Gasteiger partial charge in [0.1, 0.15) is 5.82 Å². The van der Waals surface area contributed by atoms with Gasteiger partial charge in [-0.25, -0.2) is 4.98 Å². The van der Waals surface area contributed by atoms with Gasteiger partial charge in [-0.05, 0) is 47.2 Å². The molecule has 1 heterocycles. The SMILES string of the molecule is Cc1cnc(C)c(NCC2(N(C)C)CCC2)n1. The Morgan fingerprint density at radius 3 is 2.59 bits per heavy atom. The molecule has 0 amide bonds. The fourth-order valence-corrected chi connectivity index (χ4v) is 2.32. The Balaban J connectivity index is 2.04. The molecule has 0 atom stereocenters. The number of nitrogens with one attached hydrogen (secondary N) is 1. The van der Waals surface area contributed by atoms with Crippen LogP contribution in [0.1, 0.15) is 30.7 Å². The van der Waals surface area contributed by atoms with Crippen LogP contribution in [-0.2, 0) is 0 Å². The molecule has 0 bridgehead atoms. The maximum atomic E-state index is 4.50. The van der Waals surface area contributed by atoms with Gasteiger partial charge in [-0.15, -0.1) is 0 Å². The van der Waals surface area contributed by atoms with Gasteiger partial charge < -0.3 is 10.2 Å². The lowest BCUT2D eigenvalue weighted by atomic mass is 9.75. The molecule has 1 saturated carbocycles. The van der Waals surface area contributed by atoms with E-state index in [0.717, 1.165) is 23.8 Å². The van der Waals surface area contributed by atoms with E-state index in [1.807, 2.05) is 20.0 Å². The van der Waals surface area contributed by atoms with E-state index < -0.39 is 0 Å². The molecule has 1 fully saturated rings. The second-order valence-corrected chi connectivity index (χ2v) is 5.27. The van der Waals surface area contributed by atoms with Crippen molar-refractivity contribution in [2.75, 3.05) is 26.0 Å². The molecule has 1 aliphatic carbocycles. The highest BCUT2D eigenvalue weighted by Crippen LogP contribution is 2.36. The lowest BCUT2D eigenvalue weighted by Gasteiger charge is -2.47. The summed E-state index contributed by atoms with van der Waals surface area (Å²) in [5, 5.41) is 3.46. The quantitative estimate of drug-likeness (QED) is 0.865. The van der Waals surface area contributed by atoms with Crippen LogP contribution >= 0.6 is 0 Å². The van der Waals surface area contributed by atoms with Crippen LogP contribution in [0.25, 0.3) is 0 Å². The normalized spacial score (nSPS) is 17.9. The van der Waals surface area contributed by atoms with Crippen LogP contribution in [0.5, 0.6) is 0 Å². The van der Waals surface area contributed by atoms with Gasteiger partial charge in [0, 0.05) is 18.3 Å². The first-order valence-electron chi connectivity index (χ1n) is 6.25. The van der Waals surface area contributed by atoms with Crippen LogP contribution < -0.4 is 5.32 Å². The zero-order valence-corrected chi connectivity index (χ0v) is 11.2. The molecule has 0 saturated heterocycles. The van der Waals surface area contributed by atoms with Gasteiger partial charge >= 0.3 is 0 Å². The summed E-state index contributed by atoms with van der Waals surface area (Å²) >= 11 is 0. The van der Waals surface area contributed by atoms with Gasteiger partial charge in [-0.1, -0.05) is 0 Å². The van der Waals surface area contributed by atoms with Crippen molar-refractivity contribution in [1.82, 2.24) is 14.9 Å². The van der Waals surface area contributed by atoms with Crippen molar-refractivity contribution in [3.05, 3.63) is 17.6 Å². The Labute approximate surface area is 103 Å². The van der Waals surface area contributed by atoms with E-state index in [1.165, 1.54) is 19.3 Å². The van der Waals surface area contributed by atoms with Gasteiger partial charge in [-0.3, -0.25) is 4.98 Å². The minimum atomic E-state index is 0.317. The Morgan fingerprint density at radius 2 is 2.06 bits per heavy atom. The molecule has 1 N–H and O–H groups in total. The number of hydrogen-bond acceptors (Lipinski definition) is 4. The molecule has 1 aliphatic rings. The third-order valence-electron chi connectivity index (χ3n) is 3.89. The molecule has 4 nitrogen and oxygen atoms in total. The largest absolute Gasteiger partial charge is 0.367 e. The highest BCUT2D eigenvalue weighted by molar-refractivity contribution is 5.40. The molecule has 2 rings (SSSR count). The number of aromatic nitrogens is 2. The lowest BCUT2D eigenvalue weighted by molar-refractivity contribution is 0.0738. The molecule has 4 heteroatoms. The maximum Gasteiger partial charge on any atom is 0.147 e. The van der Waals surface area contributed by atoms with Crippen LogP contribution in [0.4, 0.5) is 5.82 Å². The van der Waals surface area contributed by atoms with Crippen molar-refractivity contribution in [2.45, 2.75) is 38.6 Å². The number of anilines is 1. The highest BCUT2D eigenvalue weighted by Gasteiger charge is 2.38. The summed E-state index contributed by atoms with van der Waals surface area (Å²) in [4.78, 5) is 11.2. The summed E-state index contributed by atoms with van der Waals surface area (Å²) in [6.45, 7) is 4.93. The Hall–Kier alpha value is -1.16. The molecule has 17 heavy (non-hydrogen) atoms. The molecule has 0 unspecified atom stereocenters. The van der Waals surface area contributed by atoms with E-state index in [2.05, 4.69) is 34.3 Å². The Bertz CT molecular complexity index is 396. The van der Waals surface area contributed by atoms with E-state index in [1.54, 1.807) is 0 Å². The van der Waals surface area contributed by atoms with Crippen molar-refractivity contribution in [1.29, 1.82) is 0 Å². The predicted octanol–water partition coefficient (Wildman–Crippen LogP) is 1.99. The maximum absolute atomic E-state index is 4.50. The molecule has 94 valence electrons. The summed E-state index contributed by atoms with van der Waals surface area (Å²) in [5.41, 5.74) is 2.26. The fourth-order valence-electron chi connectivity index (χ4n) is 2.32. The zero-order valence-electron chi connectivity index (χ0n) is 11.2. The van der Waals surface area contributed by atoms with Crippen LogP contribution in [-0.4, -0.2) is 41.0 Å². The minimum Gasteiger partial charge on any atom is -0.367 e. The lowest BCUT2D eigenvalue weighted by Crippen LogP contribution is -2.54. The summed E-state index contributed by atoms with van der Waals surface area (Å²) in [6.07, 6.45) is 5.68. The molecular weight excluding hydrogens is 212 g/mol. The topological polar surface area (TPSA) is 41.1 Å². The summed E-state index contributed by atoms with van der Waals surface area (Å²) in [5.74, 6) is 0.929. The molecule has 0 aromatic carbocycles. The van der Waals surface area contributed by atoms with E-state index in [-0.39, 0.29) is 0 Å². The van der Waals surface area contributed by atoms with Crippen molar-refractivity contribution >= 4 is 5.82 Å². The molecule has 0 radical (unpaired) electrons.